The first-order chi connectivity index (χ1) is 4.22. The van der Waals surface area contributed by atoms with Crippen LogP contribution in [-0.2, 0) is 0 Å². The van der Waals surface area contributed by atoms with E-state index < -0.39 is 0 Å². The van der Waals surface area contributed by atoms with Crippen molar-refractivity contribution in [2.45, 2.75) is 0 Å². The smallest absolute Gasteiger partial charge is 0.115 e. The molecule has 9 heavy (non-hydrogen) atoms. The molecule has 1 heterocycles. The van der Waals surface area contributed by atoms with Crippen LogP contribution in [0.3, 0.4) is 0 Å². The zero-order valence-electron chi connectivity index (χ0n) is 4.24. The summed E-state index contributed by atoms with van der Waals surface area (Å²) in [6.07, 6.45) is 1.79. The van der Waals surface area contributed by atoms with Crippen LogP contribution in [0.5, 0.6) is 0 Å². The minimum absolute atomic E-state index is 1.04. The van der Waals surface area contributed by atoms with Crippen LogP contribution in [0.2, 0.25) is 0 Å². The Labute approximate surface area is 89.0 Å². The summed E-state index contributed by atoms with van der Waals surface area (Å²) in [5.41, 5.74) is 0. The van der Waals surface area contributed by atoms with Crippen LogP contribution >= 0.6 is 61.1 Å². The van der Waals surface area contributed by atoms with Crippen molar-refractivity contribution in [1.82, 2.24) is 4.98 Å². The topological polar surface area (TPSA) is 12.9 Å². The van der Waals surface area contributed by atoms with Gasteiger partial charge in [-0.25, -0.2) is 4.98 Å². The van der Waals surface area contributed by atoms with Crippen LogP contribution in [0.25, 0.3) is 0 Å². The van der Waals surface area contributed by atoms with E-state index in [1.54, 1.807) is 6.20 Å². The average Bonchev–Trinajstić information content (AvgIpc) is 1.83. The molecule has 1 nitrogen and oxygen atoms in total. The van der Waals surface area contributed by atoms with E-state index in [0.29, 0.717) is 0 Å². The van der Waals surface area contributed by atoms with Gasteiger partial charge in [0.2, 0.25) is 0 Å². The normalized spacial score (nSPS) is 9.67. The van der Waals surface area contributed by atoms with Gasteiger partial charge in [0.15, 0.2) is 0 Å². The van der Waals surface area contributed by atoms with Crippen LogP contribution < -0.4 is 0 Å². The third-order valence-electron chi connectivity index (χ3n) is 0.800. The second kappa shape index (κ2) is 3.47. The molecule has 0 saturated carbocycles. The second-order valence-corrected chi connectivity index (χ2v) is 4.35. The summed E-state index contributed by atoms with van der Waals surface area (Å²) in [5.74, 6) is 0. The molecule has 0 fully saturated rings. The third-order valence-corrected chi connectivity index (χ3v) is 5.14. The lowest BCUT2D eigenvalue weighted by atomic mass is 10.5. The maximum atomic E-state index is 4.09. The quantitative estimate of drug-likeness (QED) is 0.474. The Hall–Kier alpha value is 1.09. The van der Waals surface area contributed by atoms with Gasteiger partial charge in [-0.15, -0.1) is 0 Å². The van der Waals surface area contributed by atoms with Crippen molar-refractivity contribution < 1.29 is 0 Å². The molecular weight excluding hydrogens is 408 g/mol. The molecule has 0 unspecified atom stereocenters. The zero-order chi connectivity index (χ0) is 6.85. The first-order valence-corrected chi connectivity index (χ1v) is 5.12. The lowest BCUT2D eigenvalue weighted by molar-refractivity contribution is 1.23. The van der Waals surface area contributed by atoms with Crippen molar-refractivity contribution >= 4 is 61.1 Å². The molecule has 0 atom stereocenters. The number of rotatable bonds is 0. The number of hydrogen-bond donors (Lipinski definition) is 0. The van der Waals surface area contributed by atoms with Gasteiger partial charge in [-0.05, 0) is 67.2 Å². The Morgan fingerprint density at radius 3 is 2.56 bits per heavy atom. The van der Waals surface area contributed by atoms with E-state index in [9.17, 15) is 0 Å². The maximum Gasteiger partial charge on any atom is 0.115 e. The summed E-state index contributed by atoms with van der Waals surface area (Å²) in [4.78, 5) is 4.09. The van der Waals surface area contributed by atoms with Gasteiger partial charge in [-0.3, -0.25) is 0 Å². The Morgan fingerprint density at radius 1 is 1.44 bits per heavy atom. The van der Waals surface area contributed by atoms with Crippen molar-refractivity contribution in [3.8, 4) is 0 Å². The lowest BCUT2D eigenvalue weighted by Gasteiger charge is -1.94. The third kappa shape index (κ3) is 2.01. The summed E-state index contributed by atoms with van der Waals surface area (Å²) < 4.78 is 3.33. The molecule has 0 bridgehead atoms. The number of pyridine rings is 1. The first-order valence-electron chi connectivity index (χ1n) is 2.17. The van der Waals surface area contributed by atoms with E-state index >= 15 is 0 Å². The van der Waals surface area contributed by atoms with Gasteiger partial charge in [0, 0.05) is 10.7 Å². The van der Waals surface area contributed by atoms with E-state index in [2.05, 4.69) is 66.1 Å². The monoisotopic (exact) mass is 409 g/mol. The molecule has 0 aromatic carbocycles. The Kier molecular flexibility index (Phi) is 3.16. The van der Waals surface area contributed by atoms with E-state index in [1.165, 1.54) is 3.57 Å². The van der Waals surface area contributed by atoms with Gasteiger partial charge >= 0.3 is 0 Å². The molecular formula is C5H2BrI2N. The molecule has 0 radical (unpaired) electrons. The van der Waals surface area contributed by atoms with Crippen LogP contribution in [-0.4, -0.2) is 4.98 Å². The summed E-state index contributed by atoms with van der Waals surface area (Å²) in [6, 6.07) is 1.93. The number of aromatic nitrogens is 1. The standard InChI is InChI=1S/C5H2BrI2N/c6-3-1-2-9-5(8)4(3)7/h1-2H. The summed E-state index contributed by atoms with van der Waals surface area (Å²) in [6.45, 7) is 0. The number of halogens is 3. The molecule has 48 valence electrons. The van der Waals surface area contributed by atoms with Crippen LogP contribution in [0, 0.1) is 7.27 Å². The molecule has 1 aromatic heterocycles. The molecule has 0 aliphatic rings. The van der Waals surface area contributed by atoms with Gasteiger partial charge in [0.05, 0.1) is 3.57 Å². The fraction of sp³-hybridized carbons (Fsp3) is 0. The van der Waals surface area contributed by atoms with Crippen molar-refractivity contribution in [3.05, 3.63) is 24.0 Å². The first kappa shape index (κ1) is 8.19. The molecule has 0 saturated heterocycles. The maximum absolute atomic E-state index is 4.09. The molecule has 1 rings (SSSR count). The van der Waals surface area contributed by atoms with E-state index in [0.717, 1.165) is 8.17 Å². The Bertz CT molecular complexity index is 206. The van der Waals surface area contributed by atoms with Crippen molar-refractivity contribution in [2.24, 2.45) is 0 Å². The lowest BCUT2D eigenvalue weighted by Crippen LogP contribution is -1.84. The Balaban J connectivity index is 3.25. The fourth-order valence-electron chi connectivity index (χ4n) is 0.397. The molecule has 0 N–H and O–H groups in total. The molecule has 1 aromatic rings. The highest BCUT2D eigenvalue weighted by molar-refractivity contribution is 14.1. The minimum Gasteiger partial charge on any atom is -0.249 e. The van der Waals surface area contributed by atoms with Crippen molar-refractivity contribution in [2.75, 3.05) is 0 Å². The van der Waals surface area contributed by atoms with Gasteiger partial charge in [-0.2, -0.15) is 0 Å². The van der Waals surface area contributed by atoms with Crippen molar-refractivity contribution in [1.29, 1.82) is 0 Å². The molecule has 0 aliphatic carbocycles. The summed E-state index contributed by atoms with van der Waals surface area (Å²) in [5, 5.41) is 0. The van der Waals surface area contributed by atoms with Crippen LogP contribution in [0.15, 0.2) is 16.7 Å². The number of nitrogens with zero attached hydrogens (tertiary/aromatic N) is 1. The van der Waals surface area contributed by atoms with E-state index in [4.69, 9.17) is 0 Å². The van der Waals surface area contributed by atoms with Crippen molar-refractivity contribution in [3.63, 3.8) is 0 Å². The van der Waals surface area contributed by atoms with Gasteiger partial charge in [-0.1, -0.05) is 0 Å². The number of hydrogen-bond acceptors (Lipinski definition) is 1. The highest BCUT2D eigenvalue weighted by atomic mass is 127. The van der Waals surface area contributed by atoms with Gasteiger partial charge in [0.1, 0.15) is 3.70 Å². The molecule has 0 spiro atoms. The van der Waals surface area contributed by atoms with Gasteiger partial charge < -0.3 is 0 Å². The predicted molar refractivity (Wildman–Crippen MR) is 57.4 cm³/mol. The highest BCUT2D eigenvalue weighted by Crippen LogP contribution is 2.21. The van der Waals surface area contributed by atoms with Crippen LogP contribution in [0.1, 0.15) is 0 Å². The fourth-order valence-corrected chi connectivity index (χ4v) is 1.84. The predicted octanol–water partition coefficient (Wildman–Crippen LogP) is 3.05. The van der Waals surface area contributed by atoms with E-state index in [-0.39, 0.29) is 0 Å². The minimum atomic E-state index is 1.04. The summed E-state index contributed by atoms with van der Waals surface area (Å²) in [7, 11) is 0. The van der Waals surface area contributed by atoms with Crippen LogP contribution in [0.4, 0.5) is 0 Å². The molecule has 4 heteroatoms. The second-order valence-electron chi connectivity index (χ2n) is 1.40. The molecule has 0 amide bonds. The summed E-state index contributed by atoms with van der Waals surface area (Å²) >= 11 is 7.85. The van der Waals surface area contributed by atoms with Gasteiger partial charge in [0.25, 0.3) is 0 Å². The largest absolute Gasteiger partial charge is 0.249 e. The van der Waals surface area contributed by atoms with E-state index in [1.807, 2.05) is 6.07 Å². The average molecular weight is 410 g/mol. The SMILES string of the molecule is Brc1ccnc(I)c1I. The Morgan fingerprint density at radius 2 is 2.11 bits per heavy atom. The molecule has 0 aliphatic heterocycles. The highest BCUT2D eigenvalue weighted by Gasteiger charge is 1.98. The zero-order valence-corrected chi connectivity index (χ0v) is 10.1.